The van der Waals surface area contributed by atoms with Gasteiger partial charge in [0.2, 0.25) is 5.95 Å². The van der Waals surface area contributed by atoms with Crippen LogP contribution in [0.25, 0.3) is 11.0 Å². The minimum absolute atomic E-state index is 0.389. The SMILES string of the molecule is CC1=CCC(O)C(Cn2c(NC3CCN(C)CC3)nc3ccc(NCc4cccc(C)c4)cc32)=N1. The minimum Gasteiger partial charge on any atom is -0.387 e. The third-order valence-corrected chi connectivity index (χ3v) is 7.04. The van der Waals surface area contributed by atoms with Crippen molar-refractivity contribution in [3.8, 4) is 0 Å². The summed E-state index contributed by atoms with van der Waals surface area (Å²) < 4.78 is 2.19. The lowest BCUT2D eigenvalue weighted by Gasteiger charge is -2.30. The third-order valence-electron chi connectivity index (χ3n) is 7.04. The molecular weight excluding hydrogens is 436 g/mol. The number of piperidine rings is 1. The number of hydrogen-bond acceptors (Lipinski definition) is 6. The van der Waals surface area contributed by atoms with Crippen LogP contribution in [-0.4, -0.2) is 57.6 Å². The van der Waals surface area contributed by atoms with Gasteiger partial charge in [-0.15, -0.1) is 0 Å². The number of fused-ring (bicyclic) bond motifs is 1. The number of nitrogens with one attached hydrogen (secondary N) is 2. The lowest BCUT2D eigenvalue weighted by Crippen LogP contribution is -2.37. The molecule has 7 heteroatoms. The largest absolute Gasteiger partial charge is 0.387 e. The van der Waals surface area contributed by atoms with Gasteiger partial charge in [-0.25, -0.2) is 4.98 Å². The summed E-state index contributed by atoms with van der Waals surface area (Å²) in [5.41, 5.74) is 7.29. The number of aliphatic hydroxyl groups excluding tert-OH is 1. The summed E-state index contributed by atoms with van der Waals surface area (Å²) in [5, 5.41) is 17.9. The Morgan fingerprint density at radius 3 is 2.71 bits per heavy atom. The van der Waals surface area contributed by atoms with Crippen molar-refractivity contribution in [3.63, 3.8) is 0 Å². The maximum Gasteiger partial charge on any atom is 0.204 e. The monoisotopic (exact) mass is 472 g/mol. The molecule has 0 radical (unpaired) electrons. The number of aryl methyl sites for hydroxylation is 1. The van der Waals surface area contributed by atoms with Crippen molar-refractivity contribution in [2.75, 3.05) is 30.8 Å². The van der Waals surface area contributed by atoms with Gasteiger partial charge < -0.3 is 25.2 Å². The van der Waals surface area contributed by atoms with E-state index in [-0.39, 0.29) is 0 Å². The van der Waals surface area contributed by atoms with Crippen LogP contribution in [0.1, 0.15) is 37.3 Å². The molecular formula is C28H36N6O. The molecule has 1 unspecified atom stereocenters. The van der Waals surface area contributed by atoms with Gasteiger partial charge in [-0.3, -0.25) is 4.99 Å². The van der Waals surface area contributed by atoms with Gasteiger partial charge in [0.05, 0.1) is 29.4 Å². The highest BCUT2D eigenvalue weighted by Crippen LogP contribution is 2.27. The molecule has 0 aliphatic carbocycles. The molecule has 2 aliphatic rings. The molecule has 5 rings (SSSR count). The summed E-state index contributed by atoms with van der Waals surface area (Å²) in [7, 11) is 2.18. The van der Waals surface area contributed by atoms with E-state index < -0.39 is 6.10 Å². The van der Waals surface area contributed by atoms with Gasteiger partial charge in [-0.1, -0.05) is 35.9 Å². The molecule has 7 nitrogen and oxygen atoms in total. The van der Waals surface area contributed by atoms with Crippen LogP contribution in [0.4, 0.5) is 11.6 Å². The molecule has 3 heterocycles. The van der Waals surface area contributed by atoms with Crippen LogP contribution in [0, 0.1) is 6.92 Å². The number of nitrogens with zero attached hydrogens (tertiary/aromatic N) is 4. The summed E-state index contributed by atoms with van der Waals surface area (Å²) in [6, 6.07) is 15.3. The Morgan fingerprint density at radius 2 is 1.91 bits per heavy atom. The first-order valence-corrected chi connectivity index (χ1v) is 12.6. The molecule has 2 aliphatic heterocycles. The fraction of sp³-hybridized carbons (Fsp3) is 0.429. The number of likely N-dealkylation sites (tertiary alicyclic amines) is 1. The van der Waals surface area contributed by atoms with Crippen molar-refractivity contribution < 1.29 is 5.11 Å². The van der Waals surface area contributed by atoms with E-state index >= 15 is 0 Å². The summed E-state index contributed by atoms with van der Waals surface area (Å²) in [5.74, 6) is 0.854. The number of benzene rings is 2. The van der Waals surface area contributed by atoms with Gasteiger partial charge in [0, 0.05) is 24.0 Å². The van der Waals surface area contributed by atoms with Gasteiger partial charge in [-0.2, -0.15) is 0 Å². The van der Waals surface area contributed by atoms with E-state index in [1.165, 1.54) is 11.1 Å². The molecule has 1 atom stereocenters. The van der Waals surface area contributed by atoms with E-state index in [0.29, 0.717) is 19.0 Å². The Hall–Kier alpha value is -3.16. The highest BCUT2D eigenvalue weighted by molar-refractivity contribution is 5.92. The maximum atomic E-state index is 10.6. The highest BCUT2D eigenvalue weighted by atomic mass is 16.3. The number of anilines is 2. The second-order valence-electron chi connectivity index (χ2n) is 9.99. The van der Waals surface area contributed by atoms with Crippen molar-refractivity contribution in [3.05, 3.63) is 65.4 Å². The van der Waals surface area contributed by atoms with Crippen molar-refractivity contribution in [2.24, 2.45) is 4.99 Å². The topological polar surface area (TPSA) is 77.7 Å². The Kier molecular flexibility index (Phi) is 6.88. The number of aliphatic hydroxyl groups is 1. The van der Waals surface area contributed by atoms with E-state index in [1.54, 1.807) is 0 Å². The molecule has 3 aromatic rings. The molecule has 2 aromatic carbocycles. The van der Waals surface area contributed by atoms with Crippen molar-refractivity contribution >= 4 is 28.4 Å². The molecule has 35 heavy (non-hydrogen) atoms. The molecule has 1 fully saturated rings. The van der Waals surface area contributed by atoms with E-state index in [0.717, 1.165) is 66.6 Å². The van der Waals surface area contributed by atoms with Crippen LogP contribution in [0.3, 0.4) is 0 Å². The fourth-order valence-electron chi connectivity index (χ4n) is 4.93. The van der Waals surface area contributed by atoms with Crippen molar-refractivity contribution in [2.45, 2.75) is 58.3 Å². The Bertz CT molecular complexity index is 1250. The van der Waals surface area contributed by atoms with Crippen LogP contribution in [-0.2, 0) is 13.1 Å². The summed E-state index contributed by atoms with van der Waals surface area (Å²) in [6.45, 7) is 7.55. The predicted molar refractivity (Wildman–Crippen MR) is 144 cm³/mol. The minimum atomic E-state index is -0.560. The second kappa shape index (κ2) is 10.2. The van der Waals surface area contributed by atoms with Crippen LogP contribution < -0.4 is 10.6 Å². The first-order chi connectivity index (χ1) is 16.9. The lowest BCUT2D eigenvalue weighted by molar-refractivity contribution is 0.239. The van der Waals surface area contributed by atoms with E-state index in [1.807, 2.05) is 13.0 Å². The average molecular weight is 473 g/mol. The van der Waals surface area contributed by atoms with Crippen LogP contribution >= 0.6 is 0 Å². The number of rotatable bonds is 7. The third kappa shape index (κ3) is 5.57. The number of imidazole rings is 1. The summed E-state index contributed by atoms with van der Waals surface area (Å²) >= 11 is 0. The highest BCUT2D eigenvalue weighted by Gasteiger charge is 2.23. The smallest absolute Gasteiger partial charge is 0.204 e. The Morgan fingerprint density at radius 1 is 1.09 bits per heavy atom. The van der Waals surface area contributed by atoms with Gasteiger partial charge >= 0.3 is 0 Å². The fourth-order valence-corrected chi connectivity index (χ4v) is 4.93. The number of aromatic nitrogens is 2. The van der Waals surface area contributed by atoms with Gasteiger partial charge in [0.1, 0.15) is 0 Å². The quantitative estimate of drug-likeness (QED) is 0.469. The maximum absolute atomic E-state index is 10.6. The van der Waals surface area contributed by atoms with Crippen molar-refractivity contribution in [1.82, 2.24) is 14.5 Å². The standard InChI is InChI=1S/C28H36N6O/c1-19-5-4-6-21(15-19)17-29-23-8-9-24-26(16-23)34(18-25-27(35)10-7-20(2)30-25)28(32-24)31-22-11-13-33(3)14-12-22/h4-9,15-16,22,27,29,35H,10-14,17-18H2,1-3H3,(H,31,32). The van der Waals surface area contributed by atoms with Crippen LogP contribution in [0.2, 0.25) is 0 Å². The number of hydrogen-bond donors (Lipinski definition) is 3. The number of aliphatic imine (C=N–C) groups is 1. The molecule has 184 valence electrons. The molecule has 1 saturated heterocycles. The molecule has 3 N–H and O–H groups in total. The van der Waals surface area contributed by atoms with Crippen LogP contribution in [0.15, 0.2) is 59.2 Å². The number of allylic oxidation sites excluding steroid dienone is 1. The molecule has 0 spiro atoms. The normalized spacial score (nSPS) is 19.5. The van der Waals surface area contributed by atoms with Gasteiger partial charge in [-0.05, 0) is 77.0 Å². The van der Waals surface area contributed by atoms with E-state index in [9.17, 15) is 5.11 Å². The zero-order valence-electron chi connectivity index (χ0n) is 21.0. The molecule has 0 bridgehead atoms. The summed E-state index contributed by atoms with van der Waals surface area (Å²) in [4.78, 5) is 12.0. The van der Waals surface area contributed by atoms with Crippen molar-refractivity contribution in [1.29, 1.82) is 0 Å². The van der Waals surface area contributed by atoms with Crippen LogP contribution in [0.5, 0.6) is 0 Å². The second-order valence-corrected chi connectivity index (χ2v) is 9.99. The molecule has 0 saturated carbocycles. The van der Waals surface area contributed by atoms with Gasteiger partial charge in [0.15, 0.2) is 0 Å². The zero-order valence-corrected chi connectivity index (χ0v) is 21.0. The Labute approximate surface area is 207 Å². The molecule has 0 amide bonds. The van der Waals surface area contributed by atoms with E-state index in [2.05, 4.69) is 81.5 Å². The molecule has 1 aromatic heterocycles. The first-order valence-electron chi connectivity index (χ1n) is 12.6. The van der Waals surface area contributed by atoms with E-state index in [4.69, 9.17) is 4.98 Å². The predicted octanol–water partition coefficient (Wildman–Crippen LogP) is 4.57. The lowest BCUT2D eigenvalue weighted by atomic mass is 10.1. The van der Waals surface area contributed by atoms with Gasteiger partial charge in [0.25, 0.3) is 0 Å². The average Bonchev–Trinajstić information content (AvgIpc) is 3.17. The summed E-state index contributed by atoms with van der Waals surface area (Å²) in [6.07, 6.45) is 4.22. The zero-order chi connectivity index (χ0) is 24.4. The Balaban J connectivity index is 1.45. The first kappa shape index (κ1) is 23.6.